The van der Waals surface area contributed by atoms with Crippen molar-refractivity contribution in [3.63, 3.8) is 0 Å². The molecule has 0 bridgehead atoms. The van der Waals surface area contributed by atoms with Gasteiger partial charge in [0.15, 0.2) is 0 Å². The Bertz CT molecular complexity index is 1670. The van der Waals surface area contributed by atoms with Crippen molar-refractivity contribution in [2.24, 2.45) is 0 Å². The summed E-state index contributed by atoms with van der Waals surface area (Å²) < 4.78 is 22.3. The second kappa shape index (κ2) is 22.2. The fourth-order valence-corrected chi connectivity index (χ4v) is 6.27. The average molecular weight is 825 g/mol. The van der Waals surface area contributed by atoms with Crippen LogP contribution in [0.3, 0.4) is 0 Å². The Morgan fingerprint density at radius 3 is 1.22 bits per heavy atom. The van der Waals surface area contributed by atoms with Gasteiger partial charge in [0.1, 0.15) is 16.8 Å². The predicted molar refractivity (Wildman–Crippen MR) is 229 cm³/mol. The van der Waals surface area contributed by atoms with E-state index in [0.717, 1.165) is 0 Å². The van der Waals surface area contributed by atoms with Crippen LogP contribution in [-0.2, 0) is 38.1 Å². The van der Waals surface area contributed by atoms with E-state index in [1.54, 1.807) is 40.7 Å². The first-order valence-electron chi connectivity index (χ1n) is 20.5. The van der Waals surface area contributed by atoms with Crippen molar-refractivity contribution in [1.29, 1.82) is 0 Å². The highest BCUT2D eigenvalue weighted by atomic mass is 16.6. The summed E-state index contributed by atoms with van der Waals surface area (Å²) in [6, 6.07) is 14.7. The number of esters is 3. The maximum atomic E-state index is 13.9. The highest BCUT2D eigenvalue weighted by Crippen LogP contribution is 2.34. The van der Waals surface area contributed by atoms with Crippen LogP contribution in [0.2, 0.25) is 0 Å². The summed E-state index contributed by atoms with van der Waals surface area (Å²) in [6.45, 7) is 23.4. The van der Waals surface area contributed by atoms with Gasteiger partial charge in [0.25, 0.3) is 0 Å². The molecule has 3 rings (SSSR count). The molecular weight excluding hydrogens is 757 g/mol. The van der Waals surface area contributed by atoms with E-state index in [4.69, 9.17) is 18.9 Å². The molecule has 1 aliphatic rings. The zero-order valence-electron chi connectivity index (χ0n) is 37.1. The van der Waals surface area contributed by atoms with Gasteiger partial charge < -0.3 is 24.3 Å². The molecule has 0 saturated carbocycles. The number of amides is 2. The number of benzene rings is 2. The number of ether oxygens (including phenoxy) is 4. The Morgan fingerprint density at radius 1 is 0.508 bits per heavy atom. The van der Waals surface area contributed by atoms with Crippen LogP contribution in [0.4, 0.5) is 16.2 Å². The van der Waals surface area contributed by atoms with E-state index in [-0.39, 0.29) is 56.1 Å². The van der Waals surface area contributed by atoms with E-state index in [0.29, 0.717) is 74.9 Å². The first-order valence-corrected chi connectivity index (χ1v) is 20.5. The second-order valence-corrected chi connectivity index (χ2v) is 18.1. The summed E-state index contributed by atoms with van der Waals surface area (Å²) in [7, 11) is 0. The van der Waals surface area contributed by atoms with Crippen LogP contribution >= 0.6 is 0 Å². The molecule has 2 aromatic carbocycles. The molecular formula is C44H68N6O9. The van der Waals surface area contributed by atoms with Gasteiger partial charge in [-0.2, -0.15) is 0 Å². The number of anilines is 2. The summed E-state index contributed by atoms with van der Waals surface area (Å²) in [6.07, 6.45) is -0.861. The Kier molecular flexibility index (Phi) is 18.3. The quantitative estimate of drug-likeness (QED) is 0.205. The number of nitrogens with zero attached hydrogens (tertiary/aromatic N) is 4. The van der Waals surface area contributed by atoms with Gasteiger partial charge >= 0.3 is 24.0 Å². The van der Waals surface area contributed by atoms with Crippen molar-refractivity contribution in [2.75, 3.05) is 89.2 Å². The monoisotopic (exact) mass is 825 g/mol. The Hall–Kier alpha value is -4.57. The molecule has 1 fully saturated rings. The highest BCUT2D eigenvalue weighted by molar-refractivity contribution is 6.00. The molecule has 1 saturated heterocycles. The third-order valence-electron chi connectivity index (χ3n) is 8.62. The van der Waals surface area contributed by atoms with Gasteiger partial charge in [-0.15, -0.1) is 0 Å². The van der Waals surface area contributed by atoms with Gasteiger partial charge in [-0.25, -0.2) is 4.79 Å². The van der Waals surface area contributed by atoms with Crippen LogP contribution < -0.4 is 10.6 Å². The molecule has 15 heteroatoms. The minimum absolute atomic E-state index is 0.0138. The zero-order valence-corrected chi connectivity index (χ0v) is 37.1. The Labute approximate surface area is 351 Å². The first kappa shape index (κ1) is 48.8. The number of para-hydroxylation sites is 2. The van der Waals surface area contributed by atoms with E-state index in [1.165, 1.54) is 0 Å². The zero-order chi connectivity index (χ0) is 44.0. The first-order chi connectivity index (χ1) is 27.4. The minimum atomic E-state index is -0.684. The largest absolute Gasteiger partial charge is 0.462 e. The number of hydrogen-bond donors (Lipinski definition) is 2. The van der Waals surface area contributed by atoms with Crippen LogP contribution in [0.25, 0.3) is 11.1 Å². The standard InChI is InChI=1S/C44H68N6O9/c1-32(2)56-38(52)29-48-24-26-49(30-39(53)57-42(3,4)5)22-20-47(21-23-50(27-25-48)31-40(54)58-43(6,7)8)28-37(51)45-35-18-14-12-16-33(35)34-17-13-15-19-36(34)46-41(55)59-44(9,10)11/h12-19,32H,20-31H2,1-11H3,(H,45,51)(H,46,55). The average Bonchev–Trinajstić information content (AvgIpc) is 3.07. The van der Waals surface area contributed by atoms with Crippen molar-refractivity contribution in [2.45, 2.75) is 99.1 Å². The molecule has 328 valence electrons. The number of carbonyl (C=O) groups is 5. The molecule has 2 aromatic rings. The molecule has 0 spiro atoms. The van der Waals surface area contributed by atoms with Gasteiger partial charge in [0, 0.05) is 69.2 Å². The molecule has 2 amide bonds. The lowest BCUT2D eigenvalue weighted by molar-refractivity contribution is -0.157. The Balaban J connectivity index is 1.88. The van der Waals surface area contributed by atoms with E-state index in [9.17, 15) is 24.0 Å². The third-order valence-corrected chi connectivity index (χ3v) is 8.62. The van der Waals surface area contributed by atoms with Gasteiger partial charge in [-0.05, 0) is 88.3 Å². The summed E-state index contributed by atoms with van der Waals surface area (Å²) in [4.78, 5) is 73.5. The van der Waals surface area contributed by atoms with E-state index < -0.39 is 22.9 Å². The molecule has 0 radical (unpaired) electrons. The number of nitrogens with one attached hydrogen (secondary N) is 2. The van der Waals surface area contributed by atoms with E-state index in [1.807, 2.05) is 104 Å². The molecule has 1 aliphatic heterocycles. The maximum absolute atomic E-state index is 13.9. The summed E-state index contributed by atoms with van der Waals surface area (Å²) in [5.74, 6) is -1.37. The van der Waals surface area contributed by atoms with Crippen LogP contribution in [-0.4, -0.2) is 151 Å². The topological polar surface area (TPSA) is 159 Å². The predicted octanol–water partition coefficient (Wildman–Crippen LogP) is 5.50. The van der Waals surface area contributed by atoms with Gasteiger partial charge in [-0.1, -0.05) is 36.4 Å². The molecule has 1 heterocycles. The lowest BCUT2D eigenvalue weighted by Gasteiger charge is -2.34. The smallest absolute Gasteiger partial charge is 0.412 e. The molecule has 0 unspecified atom stereocenters. The second-order valence-electron chi connectivity index (χ2n) is 18.1. The summed E-state index contributed by atoms with van der Waals surface area (Å²) in [5.41, 5.74) is 0.465. The molecule has 0 atom stereocenters. The number of carbonyl (C=O) groups excluding carboxylic acids is 5. The highest BCUT2D eigenvalue weighted by Gasteiger charge is 2.26. The van der Waals surface area contributed by atoms with Crippen LogP contribution in [0.15, 0.2) is 48.5 Å². The SMILES string of the molecule is CC(C)OC(=O)CN1CCN(CC(=O)OC(C)(C)C)CCN(CC(=O)Nc2ccccc2-c2ccccc2NC(=O)OC(C)(C)C)CCN(CC(=O)OC(C)(C)C)CC1. The molecule has 2 N–H and O–H groups in total. The minimum Gasteiger partial charge on any atom is -0.462 e. The van der Waals surface area contributed by atoms with Crippen molar-refractivity contribution in [3.05, 3.63) is 48.5 Å². The summed E-state index contributed by atoms with van der Waals surface area (Å²) >= 11 is 0. The van der Waals surface area contributed by atoms with Crippen LogP contribution in [0, 0.1) is 0 Å². The number of hydrogen-bond acceptors (Lipinski definition) is 13. The van der Waals surface area contributed by atoms with Gasteiger partial charge in [0.05, 0.1) is 38.0 Å². The molecule has 59 heavy (non-hydrogen) atoms. The fourth-order valence-electron chi connectivity index (χ4n) is 6.27. The van der Waals surface area contributed by atoms with E-state index >= 15 is 0 Å². The lowest BCUT2D eigenvalue weighted by Crippen LogP contribution is -2.50. The van der Waals surface area contributed by atoms with Gasteiger partial charge in [0.2, 0.25) is 5.91 Å². The molecule has 15 nitrogen and oxygen atoms in total. The normalized spacial score (nSPS) is 16.0. The third kappa shape index (κ3) is 19.8. The lowest BCUT2D eigenvalue weighted by atomic mass is 10.0. The van der Waals surface area contributed by atoms with Crippen molar-refractivity contribution >= 4 is 41.3 Å². The summed E-state index contributed by atoms with van der Waals surface area (Å²) in [5, 5.41) is 5.93. The van der Waals surface area contributed by atoms with Crippen molar-refractivity contribution in [3.8, 4) is 11.1 Å². The van der Waals surface area contributed by atoms with Crippen molar-refractivity contribution in [1.82, 2.24) is 19.6 Å². The van der Waals surface area contributed by atoms with E-state index in [2.05, 4.69) is 10.6 Å². The maximum Gasteiger partial charge on any atom is 0.412 e. The van der Waals surface area contributed by atoms with Crippen molar-refractivity contribution < 1.29 is 42.9 Å². The Morgan fingerprint density at radius 2 is 0.847 bits per heavy atom. The van der Waals surface area contributed by atoms with Crippen LogP contribution in [0.1, 0.15) is 76.2 Å². The number of rotatable bonds is 12. The van der Waals surface area contributed by atoms with Gasteiger partial charge in [-0.3, -0.25) is 44.1 Å². The molecule has 0 aliphatic carbocycles. The molecule has 0 aromatic heterocycles. The fraction of sp³-hybridized carbons (Fsp3) is 0.614. The van der Waals surface area contributed by atoms with Crippen LogP contribution in [0.5, 0.6) is 0 Å².